The highest BCUT2D eigenvalue weighted by Gasteiger charge is 2.36. The lowest BCUT2D eigenvalue weighted by Gasteiger charge is -2.30. The van der Waals surface area contributed by atoms with E-state index in [1.807, 2.05) is 6.92 Å². The minimum absolute atomic E-state index is 0.0451. The molecule has 0 amide bonds. The number of carbonyl (C=O) groups is 1. The average Bonchev–Trinajstić information content (AvgIpc) is 2.53. The predicted octanol–water partition coefficient (Wildman–Crippen LogP) is 1.59. The number of ether oxygens (including phenoxy) is 2. The fourth-order valence-corrected chi connectivity index (χ4v) is 2.94. The zero-order chi connectivity index (χ0) is 10.8. The van der Waals surface area contributed by atoms with Crippen LogP contribution in [-0.2, 0) is 14.3 Å². The minimum Gasteiger partial charge on any atom is -0.463 e. The number of carbonyl (C=O) groups excluding carboxylic acids is 1. The van der Waals surface area contributed by atoms with E-state index in [1.165, 1.54) is 6.92 Å². The zero-order valence-electron chi connectivity index (χ0n) is 8.93. The second-order valence-electron chi connectivity index (χ2n) is 3.84. The van der Waals surface area contributed by atoms with Gasteiger partial charge in [0.15, 0.2) is 0 Å². The molecular formula is C10H15NO3S. The number of rotatable bonds is 2. The zero-order valence-corrected chi connectivity index (χ0v) is 9.75. The summed E-state index contributed by atoms with van der Waals surface area (Å²) in [6.07, 6.45) is 2.00. The van der Waals surface area contributed by atoms with Crippen LogP contribution in [-0.4, -0.2) is 35.2 Å². The SMILES string of the molecule is CC(=O)OC[C@H]1CC[C@H]2N=C(C)S[C@H]2O1. The van der Waals surface area contributed by atoms with Crippen molar-refractivity contribution in [3.63, 3.8) is 0 Å². The van der Waals surface area contributed by atoms with E-state index in [0.717, 1.165) is 17.9 Å². The van der Waals surface area contributed by atoms with Gasteiger partial charge in [0.1, 0.15) is 12.0 Å². The maximum absolute atomic E-state index is 10.7. The molecule has 15 heavy (non-hydrogen) atoms. The summed E-state index contributed by atoms with van der Waals surface area (Å²) in [7, 11) is 0. The van der Waals surface area contributed by atoms with Crippen molar-refractivity contribution in [2.24, 2.45) is 4.99 Å². The Hall–Kier alpha value is -0.550. The summed E-state index contributed by atoms with van der Waals surface area (Å²) < 4.78 is 10.7. The monoisotopic (exact) mass is 229 g/mol. The highest BCUT2D eigenvalue weighted by molar-refractivity contribution is 8.14. The fourth-order valence-electron chi connectivity index (χ4n) is 1.84. The average molecular weight is 229 g/mol. The topological polar surface area (TPSA) is 47.9 Å². The van der Waals surface area contributed by atoms with Crippen LogP contribution in [0.3, 0.4) is 0 Å². The standard InChI is InChI=1S/C10H15NO3S/c1-6-11-9-4-3-8(5-13-7(2)12)14-10(9)15-6/h8-10H,3-5H2,1-2H3/t8-,9-,10-/m1/s1. The van der Waals surface area contributed by atoms with Gasteiger partial charge in [0, 0.05) is 6.92 Å². The second kappa shape index (κ2) is 4.53. The maximum Gasteiger partial charge on any atom is 0.302 e. The van der Waals surface area contributed by atoms with Crippen LogP contribution in [0.1, 0.15) is 26.7 Å². The van der Waals surface area contributed by atoms with Gasteiger partial charge in [-0.25, -0.2) is 0 Å². The lowest BCUT2D eigenvalue weighted by Crippen LogP contribution is -2.36. The van der Waals surface area contributed by atoms with Crippen LogP contribution >= 0.6 is 11.8 Å². The van der Waals surface area contributed by atoms with Crippen molar-refractivity contribution in [3.05, 3.63) is 0 Å². The Kier molecular flexibility index (Phi) is 3.31. The van der Waals surface area contributed by atoms with Gasteiger partial charge in [-0.15, -0.1) is 0 Å². The summed E-state index contributed by atoms with van der Waals surface area (Å²) in [6.45, 7) is 3.80. The highest BCUT2D eigenvalue weighted by atomic mass is 32.2. The number of nitrogens with zero attached hydrogens (tertiary/aromatic N) is 1. The van der Waals surface area contributed by atoms with Gasteiger partial charge in [-0.3, -0.25) is 9.79 Å². The number of hydrogen-bond acceptors (Lipinski definition) is 5. The van der Waals surface area contributed by atoms with Crippen LogP contribution < -0.4 is 0 Å². The molecule has 0 radical (unpaired) electrons. The molecule has 0 N–H and O–H groups in total. The molecule has 0 spiro atoms. The second-order valence-corrected chi connectivity index (χ2v) is 5.13. The van der Waals surface area contributed by atoms with E-state index in [-0.39, 0.29) is 17.5 Å². The van der Waals surface area contributed by atoms with Gasteiger partial charge in [0.25, 0.3) is 0 Å². The number of aliphatic imine (C=N–C) groups is 1. The Morgan fingerprint density at radius 3 is 3.20 bits per heavy atom. The van der Waals surface area contributed by atoms with E-state index >= 15 is 0 Å². The van der Waals surface area contributed by atoms with E-state index in [2.05, 4.69) is 4.99 Å². The molecule has 1 fully saturated rings. The van der Waals surface area contributed by atoms with E-state index in [1.54, 1.807) is 11.8 Å². The van der Waals surface area contributed by atoms with Crippen molar-refractivity contribution in [1.29, 1.82) is 0 Å². The van der Waals surface area contributed by atoms with E-state index < -0.39 is 0 Å². The van der Waals surface area contributed by atoms with Crippen LogP contribution in [0.2, 0.25) is 0 Å². The molecule has 0 aromatic heterocycles. The summed E-state index contributed by atoms with van der Waals surface area (Å²) in [5.41, 5.74) is 0.138. The minimum atomic E-state index is -0.243. The number of thioether (sulfide) groups is 1. The fraction of sp³-hybridized carbons (Fsp3) is 0.800. The Balaban J connectivity index is 1.81. The Morgan fingerprint density at radius 1 is 1.67 bits per heavy atom. The first-order chi connectivity index (χ1) is 7.15. The van der Waals surface area contributed by atoms with Gasteiger partial charge in [0.05, 0.1) is 17.2 Å². The van der Waals surface area contributed by atoms with Crippen LogP contribution in [0.15, 0.2) is 4.99 Å². The highest BCUT2D eigenvalue weighted by Crippen LogP contribution is 2.35. The lowest BCUT2D eigenvalue weighted by molar-refractivity contribution is -0.147. The molecule has 0 aromatic carbocycles. The molecule has 0 bridgehead atoms. The van der Waals surface area contributed by atoms with Gasteiger partial charge in [0.2, 0.25) is 0 Å². The smallest absolute Gasteiger partial charge is 0.302 e. The van der Waals surface area contributed by atoms with E-state index in [0.29, 0.717) is 12.6 Å². The van der Waals surface area contributed by atoms with Crippen molar-refractivity contribution in [2.45, 2.75) is 44.3 Å². The van der Waals surface area contributed by atoms with Crippen molar-refractivity contribution < 1.29 is 14.3 Å². The molecule has 2 heterocycles. The molecular weight excluding hydrogens is 214 g/mol. The molecule has 84 valence electrons. The van der Waals surface area contributed by atoms with Crippen molar-refractivity contribution in [1.82, 2.24) is 0 Å². The first-order valence-corrected chi connectivity index (χ1v) is 6.03. The number of fused-ring (bicyclic) bond motifs is 1. The van der Waals surface area contributed by atoms with Crippen LogP contribution in [0.25, 0.3) is 0 Å². The molecule has 5 heteroatoms. The van der Waals surface area contributed by atoms with Gasteiger partial charge in [-0.2, -0.15) is 0 Å². The third-order valence-corrected chi connectivity index (χ3v) is 3.64. The third kappa shape index (κ3) is 2.72. The van der Waals surface area contributed by atoms with Crippen LogP contribution in [0.4, 0.5) is 0 Å². The molecule has 0 aromatic rings. The quantitative estimate of drug-likeness (QED) is 0.675. The van der Waals surface area contributed by atoms with Crippen molar-refractivity contribution in [3.8, 4) is 0 Å². The summed E-state index contributed by atoms with van der Waals surface area (Å²) in [5, 5.41) is 1.10. The molecule has 2 aliphatic heterocycles. The van der Waals surface area contributed by atoms with Crippen LogP contribution in [0, 0.1) is 0 Å². The van der Waals surface area contributed by atoms with Gasteiger partial charge in [-0.1, -0.05) is 11.8 Å². The van der Waals surface area contributed by atoms with Crippen LogP contribution in [0.5, 0.6) is 0 Å². The normalized spacial score (nSPS) is 34.5. The maximum atomic E-state index is 10.7. The summed E-state index contributed by atoms with van der Waals surface area (Å²) in [6, 6.07) is 0.309. The van der Waals surface area contributed by atoms with Gasteiger partial charge in [-0.05, 0) is 19.8 Å². The summed E-state index contributed by atoms with van der Waals surface area (Å²) >= 11 is 1.67. The predicted molar refractivity (Wildman–Crippen MR) is 59.0 cm³/mol. The van der Waals surface area contributed by atoms with Gasteiger partial charge < -0.3 is 9.47 Å². The first kappa shape index (κ1) is 11.0. The third-order valence-electron chi connectivity index (χ3n) is 2.53. The molecule has 3 atom stereocenters. The summed E-state index contributed by atoms with van der Waals surface area (Å²) in [4.78, 5) is 15.1. The molecule has 2 rings (SSSR count). The molecule has 0 aliphatic carbocycles. The first-order valence-electron chi connectivity index (χ1n) is 5.15. The lowest BCUT2D eigenvalue weighted by atomic mass is 10.1. The molecule has 0 saturated carbocycles. The van der Waals surface area contributed by atoms with Crippen molar-refractivity contribution >= 4 is 22.8 Å². The Bertz CT molecular complexity index is 292. The molecule has 4 nitrogen and oxygen atoms in total. The molecule has 1 saturated heterocycles. The Labute approximate surface area is 93.4 Å². The summed E-state index contributed by atoms with van der Waals surface area (Å²) in [5.74, 6) is -0.243. The Morgan fingerprint density at radius 2 is 2.47 bits per heavy atom. The number of esters is 1. The van der Waals surface area contributed by atoms with E-state index in [9.17, 15) is 4.79 Å². The molecule has 0 unspecified atom stereocenters. The van der Waals surface area contributed by atoms with Gasteiger partial charge >= 0.3 is 5.97 Å². The van der Waals surface area contributed by atoms with E-state index in [4.69, 9.17) is 9.47 Å². The van der Waals surface area contributed by atoms with Crippen molar-refractivity contribution in [2.75, 3.05) is 6.61 Å². The largest absolute Gasteiger partial charge is 0.463 e. The molecule has 2 aliphatic rings. The number of hydrogen-bond donors (Lipinski definition) is 0.